The van der Waals surface area contributed by atoms with Crippen LogP contribution in [-0.4, -0.2) is 26.1 Å². The summed E-state index contributed by atoms with van der Waals surface area (Å²) in [6.45, 7) is 2.97. The number of benzene rings is 4. The Morgan fingerprint density at radius 2 is 1.35 bits per heavy atom. The maximum atomic E-state index is 11.4. The lowest BCUT2D eigenvalue weighted by Crippen LogP contribution is -2.09. The molecule has 8 heteroatoms. The molecule has 0 atom stereocenters. The molecule has 2 heterocycles. The van der Waals surface area contributed by atoms with Crippen molar-refractivity contribution >= 4 is 51.5 Å². The maximum Gasteiger partial charge on any atom is 0.346 e. The van der Waals surface area contributed by atoms with Crippen LogP contribution < -0.4 is 4.90 Å². The molecule has 0 unspecified atom stereocenters. The highest BCUT2D eigenvalue weighted by molar-refractivity contribution is 7.16. The minimum absolute atomic E-state index is 0.296. The van der Waals surface area contributed by atoms with Crippen molar-refractivity contribution in [3.63, 3.8) is 0 Å². The molecule has 2 aromatic heterocycles. The fraction of sp³-hybridized carbons (Fsp3) is 0.200. The van der Waals surface area contributed by atoms with Gasteiger partial charge in [-0.1, -0.05) is 99.7 Å². The summed E-state index contributed by atoms with van der Waals surface area (Å²) in [6, 6.07) is 39.0. The second-order valence-electron chi connectivity index (χ2n) is 11.7. The van der Waals surface area contributed by atoms with Crippen LogP contribution in [-0.2, 0) is 11.3 Å². The molecule has 0 fully saturated rings. The summed E-state index contributed by atoms with van der Waals surface area (Å²) in [6.07, 6.45) is 8.53. The molecule has 6 aromatic rings. The summed E-state index contributed by atoms with van der Waals surface area (Å²) < 4.78 is 0. The van der Waals surface area contributed by atoms with Gasteiger partial charge in [-0.15, -0.1) is 11.3 Å². The van der Waals surface area contributed by atoms with Crippen LogP contribution in [0.2, 0.25) is 0 Å². The van der Waals surface area contributed by atoms with Crippen molar-refractivity contribution in [2.75, 3.05) is 4.90 Å². The molecule has 0 aliphatic heterocycles. The number of thiophene rings is 1. The molecule has 0 saturated heterocycles. The second-order valence-corrected chi connectivity index (χ2v) is 12.8. The zero-order chi connectivity index (χ0) is 33.3. The average molecular weight is 652 g/mol. The lowest BCUT2D eigenvalue weighted by molar-refractivity contribution is -0.132. The van der Waals surface area contributed by atoms with Gasteiger partial charge in [0.25, 0.3) is 0 Å². The number of hydrogen-bond acceptors (Lipinski definition) is 6. The molecule has 240 valence electrons. The van der Waals surface area contributed by atoms with E-state index in [1.54, 1.807) is 6.07 Å². The predicted octanol–water partition coefficient (Wildman–Crippen LogP) is 10.6. The van der Waals surface area contributed by atoms with Gasteiger partial charge in [-0.25, -0.2) is 4.79 Å². The third kappa shape index (κ3) is 7.38. The largest absolute Gasteiger partial charge is 0.477 e. The number of nitrogens with zero attached hydrogens (tertiary/aromatic N) is 5. The van der Waals surface area contributed by atoms with Gasteiger partial charge in [-0.3, -0.25) is 0 Å². The molecule has 0 spiro atoms. The summed E-state index contributed by atoms with van der Waals surface area (Å²) in [5, 5.41) is 28.6. The van der Waals surface area contributed by atoms with Gasteiger partial charge in [0.15, 0.2) is 0 Å². The third-order valence-electron chi connectivity index (χ3n) is 8.29. The number of carbonyl (C=O) groups is 1. The van der Waals surface area contributed by atoms with E-state index in [0.29, 0.717) is 4.88 Å². The molecule has 0 aliphatic carbocycles. The summed E-state index contributed by atoms with van der Waals surface area (Å²) in [7, 11) is 0. The minimum atomic E-state index is -1.24. The smallest absolute Gasteiger partial charge is 0.346 e. The molecule has 0 aliphatic rings. The van der Waals surface area contributed by atoms with Gasteiger partial charge in [0.1, 0.15) is 22.7 Å². The second kappa shape index (κ2) is 15.4. The van der Waals surface area contributed by atoms with Gasteiger partial charge in [-0.05, 0) is 66.6 Å². The number of carboxylic acid groups (broad SMARTS) is 1. The van der Waals surface area contributed by atoms with E-state index in [4.69, 9.17) is 10.2 Å². The number of hydrogen-bond donors (Lipinski definition) is 1. The molecule has 0 bridgehead atoms. The van der Waals surface area contributed by atoms with Crippen LogP contribution in [0.15, 0.2) is 115 Å². The van der Waals surface area contributed by atoms with E-state index in [9.17, 15) is 15.2 Å². The van der Waals surface area contributed by atoms with Crippen LogP contribution in [0.5, 0.6) is 0 Å². The van der Waals surface area contributed by atoms with Crippen LogP contribution in [0.25, 0.3) is 38.7 Å². The Morgan fingerprint density at radius 3 is 1.98 bits per heavy atom. The molecule has 48 heavy (non-hydrogen) atoms. The summed E-state index contributed by atoms with van der Waals surface area (Å²) >= 11 is 1.43. The van der Waals surface area contributed by atoms with Crippen molar-refractivity contribution in [3.05, 3.63) is 120 Å². The number of carboxylic acids is 1. The van der Waals surface area contributed by atoms with Crippen molar-refractivity contribution in [1.29, 1.82) is 5.26 Å². The number of unbranched alkanes of at least 4 members (excludes halogenated alkanes) is 5. The van der Waals surface area contributed by atoms with Gasteiger partial charge in [0.2, 0.25) is 0 Å². The maximum absolute atomic E-state index is 11.4. The zero-order valence-electron chi connectivity index (χ0n) is 26.9. The highest BCUT2D eigenvalue weighted by Gasteiger charge is 2.18. The molecular weight excluding hydrogens is 615 g/mol. The number of fused-ring (bicyclic) bond motifs is 1. The lowest BCUT2D eigenvalue weighted by Gasteiger charge is -2.25. The van der Waals surface area contributed by atoms with Crippen LogP contribution in [0.3, 0.4) is 0 Å². The van der Waals surface area contributed by atoms with E-state index >= 15 is 0 Å². The van der Waals surface area contributed by atoms with E-state index < -0.39 is 5.97 Å². The molecular formula is C40H37N5O2S. The number of rotatable bonds is 14. The standard InChI is InChI=1S/C40H37N5O2S/c1-2-3-4-5-6-13-26-44-42-38-35(23-24-36(39(38)43-44)37-25-22-34(48-37)27-30(28-41)40(46)47)29-18-20-33(21-19-29)45(31-14-9-7-10-15-31)32-16-11-8-12-17-32/h7-12,14-25,27H,2-6,13,26H2,1H3,(H,46,47)/b30-27+. The number of para-hydroxylation sites is 2. The fourth-order valence-electron chi connectivity index (χ4n) is 5.85. The van der Waals surface area contributed by atoms with E-state index in [1.165, 1.54) is 43.1 Å². The first-order valence-corrected chi connectivity index (χ1v) is 17.2. The molecule has 4 aromatic carbocycles. The van der Waals surface area contributed by atoms with Crippen LogP contribution in [0, 0.1) is 11.3 Å². The first-order chi connectivity index (χ1) is 23.6. The first kappa shape index (κ1) is 32.4. The Bertz CT molecular complexity index is 2020. The monoisotopic (exact) mass is 651 g/mol. The average Bonchev–Trinajstić information content (AvgIpc) is 3.77. The summed E-state index contributed by atoms with van der Waals surface area (Å²) in [4.78, 5) is 17.1. The molecule has 0 radical (unpaired) electrons. The lowest BCUT2D eigenvalue weighted by atomic mass is 10.0. The van der Waals surface area contributed by atoms with Crippen molar-refractivity contribution in [3.8, 4) is 27.6 Å². The molecule has 0 amide bonds. The highest BCUT2D eigenvalue weighted by Crippen LogP contribution is 2.39. The van der Waals surface area contributed by atoms with Crippen LogP contribution in [0.4, 0.5) is 17.1 Å². The van der Waals surface area contributed by atoms with Crippen LogP contribution >= 0.6 is 11.3 Å². The topological polar surface area (TPSA) is 95.0 Å². The number of nitriles is 1. The van der Waals surface area contributed by atoms with Gasteiger partial charge in [0, 0.05) is 37.9 Å². The van der Waals surface area contributed by atoms with Crippen molar-refractivity contribution in [2.45, 2.75) is 52.0 Å². The fourth-order valence-corrected chi connectivity index (χ4v) is 6.83. The van der Waals surface area contributed by atoms with E-state index in [1.807, 2.05) is 53.3 Å². The van der Waals surface area contributed by atoms with Gasteiger partial charge in [-0.2, -0.15) is 20.3 Å². The Morgan fingerprint density at radius 1 is 0.771 bits per heavy atom. The SMILES string of the molecule is CCCCCCCCn1nc2c(-c3ccc(N(c4ccccc4)c4ccccc4)cc3)ccc(-c3ccc(/C=C(\C#N)C(=O)O)s3)c2n1. The third-order valence-corrected chi connectivity index (χ3v) is 9.35. The van der Waals surface area contributed by atoms with Crippen LogP contribution in [0.1, 0.15) is 50.3 Å². The number of aryl methyl sites for hydroxylation is 1. The molecule has 6 rings (SSSR count). The van der Waals surface area contributed by atoms with E-state index in [2.05, 4.69) is 72.5 Å². The van der Waals surface area contributed by atoms with Crippen molar-refractivity contribution in [2.24, 2.45) is 0 Å². The Kier molecular flexibility index (Phi) is 10.4. The van der Waals surface area contributed by atoms with Crippen molar-refractivity contribution in [1.82, 2.24) is 15.0 Å². The number of anilines is 3. The first-order valence-electron chi connectivity index (χ1n) is 16.4. The van der Waals surface area contributed by atoms with Gasteiger partial charge >= 0.3 is 5.97 Å². The Hall–Kier alpha value is -5.52. The molecule has 1 N–H and O–H groups in total. The quantitative estimate of drug-likeness (QED) is 0.0715. The molecule has 0 saturated carbocycles. The normalized spacial score (nSPS) is 11.5. The molecule has 7 nitrogen and oxygen atoms in total. The van der Waals surface area contributed by atoms with Crippen molar-refractivity contribution < 1.29 is 9.90 Å². The van der Waals surface area contributed by atoms with E-state index in [-0.39, 0.29) is 5.57 Å². The number of aliphatic carboxylic acids is 1. The Balaban J connectivity index is 1.36. The predicted molar refractivity (Wildman–Crippen MR) is 196 cm³/mol. The zero-order valence-corrected chi connectivity index (χ0v) is 27.7. The summed E-state index contributed by atoms with van der Waals surface area (Å²) in [5.41, 5.74) is 7.50. The Labute approximate surface area is 285 Å². The van der Waals surface area contributed by atoms with Gasteiger partial charge in [0.05, 0.1) is 6.54 Å². The van der Waals surface area contributed by atoms with E-state index in [0.717, 1.165) is 69.0 Å². The van der Waals surface area contributed by atoms with Gasteiger partial charge < -0.3 is 10.0 Å². The minimum Gasteiger partial charge on any atom is -0.477 e. The summed E-state index contributed by atoms with van der Waals surface area (Å²) in [5.74, 6) is -1.24. The highest BCUT2D eigenvalue weighted by atomic mass is 32.1. The number of aromatic nitrogens is 3.